The van der Waals surface area contributed by atoms with Crippen LogP contribution in [0.5, 0.6) is 5.75 Å². The number of phenolic OH excluding ortho intramolecular Hbond substituents is 1. The van der Waals surface area contributed by atoms with E-state index in [0.29, 0.717) is 5.69 Å². The van der Waals surface area contributed by atoms with Crippen molar-refractivity contribution < 1.29 is 5.11 Å². The molecule has 0 saturated heterocycles. The molecule has 70 valence electrons. The molecule has 3 heteroatoms. The zero-order valence-corrected chi connectivity index (χ0v) is 7.75. The van der Waals surface area contributed by atoms with Crippen molar-refractivity contribution in [3.05, 3.63) is 23.3 Å². The molecule has 0 saturated carbocycles. The first-order valence-corrected chi connectivity index (χ1v) is 4.45. The van der Waals surface area contributed by atoms with E-state index in [-0.39, 0.29) is 5.75 Å². The van der Waals surface area contributed by atoms with Crippen molar-refractivity contribution in [3.63, 3.8) is 0 Å². The third-order valence-corrected chi connectivity index (χ3v) is 2.55. The molecule has 0 spiro atoms. The molecule has 1 aliphatic heterocycles. The number of fused-ring (bicyclic) bond motifs is 1. The van der Waals surface area contributed by atoms with Gasteiger partial charge in [-0.1, -0.05) is 0 Å². The van der Waals surface area contributed by atoms with Gasteiger partial charge in [0.2, 0.25) is 0 Å². The summed E-state index contributed by atoms with van der Waals surface area (Å²) in [5.41, 5.74) is 8.57. The Morgan fingerprint density at radius 2 is 2.15 bits per heavy atom. The molecule has 13 heavy (non-hydrogen) atoms. The van der Waals surface area contributed by atoms with Crippen molar-refractivity contribution in [1.82, 2.24) is 4.90 Å². The van der Waals surface area contributed by atoms with E-state index in [1.807, 2.05) is 6.07 Å². The number of nitrogen functional groups attached to an aromatic ring is 1. The fraction of sp³-hybridized carbons (Fsp3) is 0.400. The van der Waals surface area contributed by atoms with Gasteiger partial charge in [0.1, 0.15) is 5.75 Å². The van der Waals surface area contributed by atoms with Crippen molar-refractivity contribution in [2.45, 2.75) is 13.0 Å². The average Bonchev–Trinajstić information content (AvgIpc) is 2.08. The minimum Gasteiger partial charge on any atom is -0.506 e. The summed E-state index contributed by atoms with van der Waals surface area (Å²) in [4.78, 5) is 2.25. The highest BCUT2D eigenvalue weighted by atomic mass is 16.3. The minimum absolute atomic E-state index is 0.211. The lowest BCUT2D eigenvalue weighted by atomic mass is 9.99. The molecule has 0 aromatic heterocycles. The Morgan fingerprint density at radius 1 is 1.38 bits per heavy atom. The van der Waals surface area contributed by atoms with Crippen molar-refractivity contribution in [2.75, 3.05) is 19.3 Å². The van der Waals surface area contributed by atoms with Crippen molar-refractivity contribution >= 4 is 5.69 Å². The first-order chi connectivity index (χ1) is 6.16. The number of hydrogen-bond donors (Lipinski definition) is 2. The second-order valence-corrected chi connectivity index (χ2v) is 3.67. The van der Waals surface area contributed by atoms with Gasteiger partial charge in [0.15, 0.2) is 0 Å². The Labute approximate surface area is 77.8 Å². The quantitative estimate of drug-likeness (QED) is 0.459. The summed E-state index contributed by atoms with van der Waals surface area (Å²) >= 11 is 0. The highest BCUT2D eigenvalue weighted by Crippen LogP contribution is 2.27. The lowest BCUT2D eigenvalue weighted by Gasteiger charge is -2.25. The van der Waals surface area contributed by atoms with Gasteiger partial charge in [0.05, 0.1) is 5.69 Å². The summed E-state index contributed by atoms with van der Waals surface area (Å²) < 4.78 is 0. The molecule has 0 radical (unpaired) electrons. The van der Waals surface area contributed by atoms with Crippen molar-refractivity contribution in [2.24, 2.45) is 0 Å². The number of hydrogen-bond acceptors (Lipinski definition) is 3. The number of benzene rings is 1. The summed E-state index contributed by atoms with van der Waals surface area (Å²) in [6, 6.07) is 3.66. The minimum atomic E-state index is 0.211. The molecule has 1 heterocycles. The number of nitrogens with two attached hydrogens (primary N) is 1. The Bertz CT molecular complexity index is 336. The molecule has 0 fully saturated rings. The molecule has 0 bridgehead atoms. The first-order valence-electron chi connectivity index (χ1n) is 4.45. The summed E-state index contributed by atoms with van der Waals surface area (Å²) in [6.45, 7) is 1.98. The van der Waals surface area contributed by atoms with Crippen LogP contribution in [0.3, 0.4) is 0 Å². The molecule has 1 aliphatic rings. The molecule has 3 nitrogen and oxygen atoms in total. The van der Waals surface area contributed by atoms with Crippen LogP contribution in [-0.2, 0) is 13.0 Å². The Kier molecular flexibility index (Phi) is 1.88. The number of nitrogens with zero attached hydrogens (tertiary/aromatic N) is 1. The smallest absolute Gasteiger partial charge is 0.138 e. The molecule has 3 N–H and O–H groups in total. The molecule has 0 amide bonds. The van der Waals surface area contributed by atoms with Gasteiger partial charge in [-0.05, 0) is 36.7 Å². The number of phenols is 1. The fourth-order valence-electron chi connectivity index (χ4n) is 1.76. The SMILES string of the molecule is CN1CCc2cc(O)c(N)cc2C1. The standard InChI is InChI=1S/C10H14N2O/c1-12-3-2-7-5-10(13)9(11)4-8(7)6-12/h4-5,13H,2-3,6,11H2,1H3. The van der Waals surface area contributed by atoms with E-state index in [0.717, 1.165) is 19.5 Å². The molecule has 0 aliphatic carbocycles. The number of anilines is 1. The van der Waals surface area contributed by atoms with Crippen LogP contribution in [0.4, 0.5) is 5.69 Å². The van der Waals surface area contributed by atoms with Crippen molar-refractivity contribution in [1.29, 1.82) is 0 Å². The summed E-state index contributed by atoms with van der Waals surface area (Å²) in [7, 11) is 2.09. The fourth-order valence-corrected chi connectivity index (χ4v) is 1.76. The monoisotopic (exact) mass is 178 g/mol. The van der Waals surface area contributed by atoms with Gasteiger partial charge in [-0.25, -0.2) is 0 Å². The van der Waals surface area contributed by atoms with E-state index >= 15 is 0 Å². The second kappa shape index (κ2) is 2.92. The molecule has 0 unspecified atom stereocenters. The number of aromatic hydroxyl groups is 1. The summed E-state index contributed by atoms with van der Waals surface area (Å²) in [5, 5.41) is 9.40. The van der Waals surface area contributed by atoms with Gasteiger partial charge < -0.3 is 15.7 Å². The highest BCUT2D eigenvalue weighted by molar-refractivity contribution is 5.56. The van der Waals surface area contributed by atoms with Crippen LogP contribution in [-0.4, -0.2) is 23.6 Å². The van der Waals surface area contributed by atoms with Crippen LogP contribution in [0.2, 0.25) is 0 Å². The zero-order valence-electron chi connectivity index (χ0n) is 7.75. The van der Waals surface area contributed by atoms with Crippen LogP contribution < -0.4 is 5.73 Å². The Morgan fingerprint density at radius 3 is 2.92 bits per heavy atom. The second-order valence-electron chi connectivity index (χ2n) is 3.67. The largest absolute Gasteiger partial charge is 0.506 e. The molecule has 2 rings (SSSR count). The molecule has 1 aromatic carbocycles. The van der Waals surface area contributed by atoms with E-state index in [9.17, 15) is 5.11 Å². The maximum Gasteiger partial charge on any atom is 0.138 e. The molecular formula is C10H14N2O. The van der Waals surface area contributed by atoms with Gasteiger partial charge in [0.25, 0.3) is 0 Å². The van der Waals surface area contributed by atoms with Gasteiger partial charge >= 0.3 is 0 Å². The predicted octanol–water partition coefficient (Wildman–Crippen LogP) is 0.962. The van der Waals surface area contributed by atoms with E-state index in [4.69, 9.17) is 5.73 Å². The molecule has 0 atom stereocenters. The van der Waals surface area contributed by atoms with E-state index in [1.54, 1.807) is 6.07 Å². The van der Waals surface area contributed by atoms with Crippen LogP contribution in [0.15, 0.2) is 12.1 Å². The number of likely N-dealkylation sites (N-methyl/N-ethyl adjacent to an activating group) is 1. The molecule has 1 aromatic rings. The zero-order chi connectivity index (χ0) is 9.42. The van der Waals surface area contributed by atoms with Crippen molar-refractivity contribution in [3.8, 4) is 5.75 Å². The topological polar surface area (TPSA) is 49.5 Å². The van der Waals surface area contributed by atoms with Crippen LogP contribution >= 0.6 is 0 Å². The number of rotatable bonds is 0. The Hall–Kier alpha value is -1.22. The third kappa shape index (κ3) is 1.47. The average molecular weight is 178 g/mol. The normalized spacial score (nSPS) is 17.0. The maximum atomic E-state index is 9.40. The van der Waals surface area contributed by atoms with Gasteiger partial charge in [0, 0.05) is 13.1 Å². The van der Waals surface area contributed by atoms with Gasteiger partial charge in [-0.2, -0.15) is 0 Å². The van der Waals surface area contributed by atoms with Crippen LogP contribution in [0.25, 0.3) is 0 Å². The highest BCUT2D eigenvalue weighted by Gasteiger charge is 2.14. The van der Waals surface area contributed by atoms with Crippen LogP contribution in [0, 0.1) is 0 Å². The first kappa shape index (κ1) is 8.38. The lowest BCUT2D eigenvalue weighted by molar-refractivity contribution is 0.312. The lowest BCUT2D eigenvalue weighted by Crippen LogP contribution is -2.26. The summed E-state index contributed by atoms with van der Waals surface area (Å²) in [5.74, 6) is 0.211. The van der Waals surface area contributed by atoms with Crippen LogP contribution in [0.1, 0.15) is 11.1 Å². The van der Waals surface area contributed by atoms with E-state index in [1.165, 1.54) is 11.1 Å². The summed E-state index contributed by atoms with van der Waals surface area (Å²) in [6.07, 6.45) is 1.000. The van der Waals surface area contributed by atoms with Gasteiger partial charge in [-0.15, -0.1) is 0 Å². The predicted molar refractivity (Wildman–Crippen MR) is 52.6 cm³/mol. The van der Waals surface area contributed by atoms with E-state index in [2.05, 4.69) is 11.9 Å². The third-order valence-electron chi connectivity index (χ3n) is 2.55. The van der Waals surface area contributed by atoms with E-state index < -0.39 is 0 Å². The molecular weight excluding hydrogens is 164 g/mol. The maximum absolute atomic E-state index is 9.40. The Balaban J connectivity index is 2.43. The van der Waals surface area contributed by atoms with Gasteiger partial charge in [-0.3, -0.25) is 0 Å².